The van der Waals surface area contributed by atoms with E-state index in [1.54, 1.807) is 4.90 Å². The van der Waals surface area contributed by atoms with Gasteiger partial charge in [0, 0.05) is 16.6 Å². The normalized spacial score (nSPS) is 16.0. The van der Waals surface area contributed by atoms with E-state index < -0.39 is 0 Å². The highest BCUT2D eigenvalue weighted by molar-refractivity contribution is 9.10. The fourth-order valence-electron chi connectivity index (χ4n) is 2.53. The molecule has 0 bridgehead atoms. The molecule has 23 heavy (non-hydrogen) atoms. The Balaban J connectivity index is 1.68. The van der Waals surface area contributed by atoms with Crippen LogP contribution < -0.4 is 9.47 Å². The van der Waals surface area contributed by atoms with Gasteiger partial charge in [-0.3, -0.25) is 4.79 Å². The van der Waals surface area contributed by atoms with Crippen LogP contribution in [0.5, 0.6) is 11.5 Å². The molecule has 2 aromatic carbocycles. The predicted molar refractivity (Wildman–Crippen MR) is 92.1 cm³/mol. The quantitative estimate of drug-likeness (QED) is 0.816. The third-order valence-corrected chi connectivity index (χ3v) is 4.28. The van der Waals surface area contributed by atoms with E-state index in [0.29, 0.717) is 25.3 Å². The summed E-state index contributed by atoms with van der Waals surface area (Å²) >= 11 is 3.38. The fourth-order valence-corrected chi connectivity index (χ4v) is 2.79. The second-order valence-electron chi connectivity index (χ2n) is 5.35. The maximum Gasteiger partial charge on any atom is 0.253 e. The molecule has 0 fully saturated rings. The third kappa shape index (κ3) is 3.67. The van der Waals surface area contributed by atoms with Crippen molar-refractivity contribution in [3.8, 4) is 11.5 Å². The molecule has 1 heterocycles. The SMILES string of the molecule is CCN(CC1COc2ccccc2O1)C(=O)c1ccc(Br)cc1. The molecule has 1 aliphatic rings. The molecule has 4 nitrogen and oxygen atoms in total. The molecular weight excluding hydrogens is 358 g/mol. The molecule has 0 radical (unpaired) electrons. The van der Waals surface area contributed by atoms with E-state index in [-0.39, 0.29) is 12.0 Å². The minimum atomic E-state index is -0.163. The van der Waals surface area contributed by atoms with Crippen LogP contribution in [0, 0.1) is 0 Å². The van der Waals surface area contributed by atoms with Crippen LogP contribution in [0.4, 0.5) is 0 Å². The number of para-hydroxylation sites is 2. The van der Waals surface area contributed by atoms with E-state index in [4.69, 9.17) is 9.47 Å². The summed E-state index contributed by atoms with van der Waals surface area (Å²) in [6, 6.07) is 15.0. The van der Waals surface area contributed by atoms with Gasteiger partial charge in [0.15, 0.2) is 17.6 Å². The molecule has 0 aliphatic carbocycles. The smallest absolute Gasteiger partial charge is 0.253 e. The first kappa shape index (κ1) is 15.9. The highest BCUT2D eigenvalue weighted by Gasteiger charge is 2.25. The molecule has 3 rings (SSSR count). The zero-order valence-corrected chi connectivity index (χ0v) is 14.5. The largest absolute Gasteiger partial charge is 0.486 e. The number of hydrogen-bond acceptors (Lipinski definition) is 3. The van der Waals surface area contributed by atoms with Gasteiger partial charge in [-0.05, 0) is 43.3 Å². The lowest BCUT2D eigenvalue weighted by atomic mass is 10.2. The molecule has 0 aromatic heterocycles. The number of halogens is 1. The van der Waals surface area contributed by atoms with E-state index in [2.05, 4.69) is 15.9 Å². The molecule has 0 N–H and O–H groups in total. The van der Waals surface area contributed by atoms with Crippen molar-refractivity contribution < 1.29 is 14.3 Å². The molecule has 0 saturated heterocycles. The second kappa shape index (κ2) is 7.04. The molecule has 2 aromatic rings. The lowest BCUT2D eigenvalue weighted by Crippen LogP contribution is -2.43. The van der Waals surface area contributed by atoms with E-state index in [1.807, 2.05) is 55.5 Å². The van der Waals surface area contributed by atoms with Gasteiger partial charge in [0.1, 0.15) is 6.61 Å². The van der Waals surface area contributed by atoms with E-state index in [9.17, 15) is 4.79 Å². The van der Waals surface area contributed by atoms with Gasteiger partial charge in [-0.1, -0.05) is 28.1 Å². The first-order chi connectivity index (χ1) is 11.2. The Morgan fingerprint density at radius 1 is 1.17 bits per heavy atom. The zero-order chi connectivity index (χ0) is 16.2. The molecular formula is C18H18BrNO3. The molecule has 0 spiro atoms. The Morgan fingerprint density at radius 3 is 2.57 bits per heavy atom. The third-order valence-electron chi connectivity index (χ3n) is 3.75. The van der Waals surface area contributed by atoms with Gasteiger partial charge >= 0.3 is 0 Å². The summed E-state index contributed by atoms with van der Waals surface area (Å²) in [5, 5.41) is 0. The maximum absolute atomic E-state index is 12.6. The summed E-state index contributed by atoms with van der Waals surface area (Å²) in [6.07, 6.45) is -0.163. The van der Waals surface area contributed by atoms with Gasteiger partial charge in [0.2, 0.25) is 0 Å². The number of hydrogen-bond donors (Lipinski definition) is 0. The van der Waals surface area contributed by atoms with Crippen LogP contribution >= 0.6 is 15.9 Å². The molecule has 5 heteroatoms. The summed E-state index contributed by atoms with van der Waals surface area (Å²) < 4.78 is 12.6. The average molecular weight is 376 g/mol. The number of fused-ring (bicyclic) bond motifs is 1. The van der Waals surface area contributed by atoms with Gasteiger partial charge in [0.25, 0.3) is 5.91 Å². The Kier molecular flexibility index (Phi) is 4.86. The Bertz CT molecular complexity index is 687. The van der Waals surface area contributed by atoms with Crippen LogP contribution in [-0.2, 0) is 0 Å². The molecule has 0 saturated carbocycles. The summed E-state index contributed by atoms with van der Waals surface area (Å²) in [5.74, 6) is 1.49. The number of ether oxygens (including phenoxy) is 2. The highest BCUT2D eigenvalue weighted by Crippen LogP contribution is 2.31. The molecule has 120 valence electrons. The fraction of sp³-hybridized carbons (Fsp3) is 0.278. The lowest BCUT2D eigenvalue weighted by Gasteiger charge is -2.31. The number of rotatable bonds is 4. The van der Waals surface area contributed by atoms with Crippen molar-refractivity contribution in [3.05, 3.63) is 58.6 Å². The van der Waals surface area contributed by atoms with Gasteiger partial charge < -0.3 is 14.4 Å². The van der Waals surface area contributed by atoms with Crippen LogP contribution in [0.2, 0.25) is 0 Å². The van der Waals surface area contributed by atoms with Gasteiger partial charge in [-0.25, -0.2) is 0 Å². The van der Waals surface area contributed by atoms with Crippen molar-refractivity contribution in [1.29, 1.82) is 0 Å². The first-order valence-corrected chi connectivity index (χ1v) is 8.40. The first-order valence-electron chi connectivity index (χ1n) is 7.60. The van der Waals surface area contributed by atoms with Crippen molar-refractivity contribution in [2.45, 2.75) is 13.0 Å². The van der Waals surface area contributed by atoms with Gasteiger partial charge in [-0.15, -0.1) is 0 Å². The highest BCUT2D eigenvalue weighted by atomic mass is 79.9. The summed E-state index contributed by atoms with van der Waals surface area (Å²) in [6.45, 7) is 3.53. The molecule has 1 unspecified atom stereocenters. The number of carbonyl (C=O) groups excluding carboxylic acids is 1. The van der Waals surface area contributed by atoms with Crippen molar-refractivity contribution in [2.24, 2.45) is 0 Å². The Labute approximate surface area is 144 Å². The number of nitrogens with zero attached hydrogens (tertiary/aromatic N) is 1. The van der Waals surface area contributed by atoms with Crippen molar-refractivity contribution >= 4 is 21.8 Å². The molecule has 1 atom stereocenters. The monoisotopic (exact) mass is 375 g/mol. The standard InChI is InChI=1S/C18H18BrNO3/c1-2-20(18(21)13-7-9-14(19)10-8-13)11-15-12-22-16-5-3-4-6-17(16)23-15/h3-10,15H,2,11-12H2,1H3. The number of amides is 1. The van der Waals surface area contributed by atoms with Crippen molar-refractivity contribution in [1.82, 2.24) is 4.90 Å². The lowest BCUT2D eigenvalue weighted by molar-refractivity contribution is 0.0475. The summed E-state index contributed by atoms with van der Waals surface area (Å²) in [4.78, 5) is 14.4. The topological polar surface area (TPSA) is 38.8 Å². The van der Waals surface area contributed by atoms with E-state index >= 15 is 0 Å². The summed E-state index contributed by atoms with van der Waals surface area (Å²) in [5.41, 5.74) is 0.673. The molecule has 1 amide bonds. The van der Waals surface area contributed by atoms with Crippen molar-refractivity contribution in [2.75, 3.05) is 19.7 Å². The summed E-state index contributed by atoms with van der Waals surface area (Å²) in [7, 11) is 0. The van der Waals surface area contributed by atoms with Crippen LogP contribution in [0.3, 0.4) is 0 Å². The maximum atomic E-state index is 12.6. The van der Waals surface area contributed by atoms with E-state index in [1.165, 1.54) is 0 Å². The number of carbonyl (C=O) groups is 1. The zero-order valence-electron chi connectivity index (χ0n) is 12.9. The van der Waals surface area contributed by atoms with Gasteiger partial charge in [0.05, 0.1) is 6.54 Å². The van der Waals surface area contributed by atoms with Crippen LogP contribution in [0.15, 0.2) is 53.0 Å². The number of benzene rings is 2. The predicted octanol–water partition coefficient (Wildman–Crippen LogP) is 3.75. The average Bonchev–Trinajstić information content (AvgIpc) is 2.59. The van der Waals surface area contributed by atoms with Crippen LogP contribution in [0.25, 0.3) is 0 Å². The van der Waals surface area contributed by atoms with Crippen LogP contribution in [0.1, 0.15) is 17.3 Å². The van der Waals surface area contributed by atoms with Gasteiger partial charge in [-0.2, -0.15) is 0 Å². The van der Waals surface area contributed by atoms with E-state index in [0.717, 1.165) is 16.0 Å². The van der Waals surface area contributed by atoms with Crippen molar-refractivity contribution in [3.63, 3.8) is 0 Å². The number of likely N-dealkylation sites (N-methyl/N-ethyl adjacent to an activating group) is 1. The minimum absolute atomic E-state index is 0.00228. The Morgan fingerprint density at radius 2 is 1.87 bits per heavy atom. The minimum Gasteiger partial charge on any atom is -0.486 e. The molecule has 1 aliphatic heterocycles. The Hall–Kier alpha value is -2.01. The second-order valence-corrected chi connectivity index (χ2v) is 6.26. The van der Waals surface area contributed by atoms with Crippen LogP contribution in [-0.4, -0.2) is 36.6 Å².